The van der Waals surface area contributed by atoms with Gasteiger partial charge in [0.15, 0.2) is 5.82 Å². The van der Waals surface area contributed by atoms with Crippen LogP contribution in [0.1, 0.15) is 37.0 Å². The van der Waals surface area contributed by atoms with Crippen molar-refractivity contribution in [2.75, 3.05) is 20.1 Å². The van der Waals surface area contributed by atoms with E-state index in [0.717, 1.165) is 25.6 Å². The average Bonchev–Trinajstić information content (AvgIpc) is 2.38. The van der Waals surface area contributed by atoms with E-state index in [4.69, 9.17) is 0 Å². The van der Waals surface area contributed by atoms with E-state index in [2.05, 4.69) is 36.1 Å². The molecule has 0 saturated heterocycles. The van der Waals surface area contributed by atoms with Crippen molar-refractivity contribution >= 4 is 5.91 Å². The molecule has 0 bridgehead atoms. The highest BCUT2D eigenvalue weighted by Gasteiger charge is 2.10. The van der Waals surface area contributed by atoms with E-state index in [-0.39, 0.29) is 11.5 Å². The molecule has 1 rings (SSSR count). The molecule has 1 heterocycles. The monoisotopic (exact) mass is 267 g/mol. The second-order valence-corrected chi connectivity index (χ2v) is 4.89. The van der Waals surface area contributed by atoms with Gasteiger partial charge in [-0.2, -0.15) is 0 Å². The summed E-state index contributed by atoms with van der Waals surface area (Å²) in [5.74, 6) is -0.961. The first-order chi connectivity index (χ1) is 9.02. The van der Waals surface area contributed by atoms with Crippen LogP contribution in [0.5, 0.6) is 0 Å². The molecular weight excluding hydrogens is 245 g/mol. The Balaban J connectivity index is 2.23. The number of pyridine rings is 1. The molecule has 0 aliphatic rings. The van der Waals surface area contributed by atoms with Crippen molar-refractivity contribution in [3.8, 4) is 0 Å². The van der Waals surface area contributed by atoms with Crippen molar-refractivity contribution in [2.45, 2.75) is 32.7 Å². The van der Waals surface area contributed by atoms with Crippen molar-refractivity contribution in [1.82, 2.24) is 15.2 Å². The number of amides is 1. The molecule has 0 aromatic carbocycles. The van der Waals surface area contributed by atoms with E-state index in [1.54, 1.807) is 0 Å². The van der Waals surface area contributed by atoms with Crippen LogP contribution in [0.3, 0.4) is 0 Å². The number of hydrogen-bond acceptors (Lipinski definition) is 3. The minimum absolute atomic E-state index is 0.0503. The number of hydrogen-bond donors (Lipinski definition) is 1. The van der Waals surface area contributed by atoms with E-state index in [9.17, 15) is 9.18 Å². The SMILES string of the molecule is CC(C)N(C)CCCCNC(=O)c1ccncc1F. The topological polar surface area (TPSA) is 45.2 Å². The Morgan fingerprint density at radius 3 is 2.84 bits per heavy atom. The minimum Gasteiger partial charge on any atom is -0.352 e. The lowest BCUT2D eigenvalue weighted by Crippen LogP contribution is -2.29. The molecule has 0 radical (unpaired) electrons. The molecule has 0 aliphatic heterocycles. The van der Waals surface area contributed by atoms with E-state index in [0.29, 0.717) is 12.6 Å². The molecule has 1 aromatic heterocycles. The lowest BCUT2D eigenvalue weighted by molar-refractivity contribution is 0.0948. The van der Waals surface area contributed by atoms with Gasteiger partial charge in [-0.15, -0.1) is 0 Å². The fourth-order valence-electron chi connectivity index (χ4n) is 1.60. The average molecular weight is 267 g/mol. The summed E-state index contributed by atoms with van der Waals surface area (Å²) >= 11 is 0. The molecule has 0 atom stereocenters. The molecule has 1 N–H and O–H groups in total. The maximum Gasteiger partial charge on any atom is 0.254 e. The number of carbonyl (C=O) groups excluding carboxylic acids is 1. The van der Waals surface area contributed by atoms with Gasteiger partial charge in [-0.05, 0) is 46.3 Å². The van der Waals surface area contributed by atoms with Crippen LogP contribution in [0.4, 0.5) is 4.39 Å². The number of nitrogens with zero attached hydrogens (tertiary/aromatic N) is 2. The summed E-state index contributed by atoms with van der Waals surface area (Å²) in [6, 6.07) is 1.91. The summed E-state index contributed by atoms with van der Waals surface area (Å²) in [5.41, 5.74) is 0.0503. The van der Waals surface area contributed by atoms with Crippen LogP contribution in [0.25, 0.3) is 0 Å². The molecule has 1 aromatic rings. The molecular formula is C14H22FN3O. The molecule has 5 heteroatoms. The first-order valence-corrected chi connectivity index (χ1v) is 6.60. The molecule has 1 amide bonds. The van der Waals surface area contributed by atoms with Gasteiger partial charge in [0.2, 0.25) is 0 Å². The Labute approximate surface area is 114 Å². The Morgan fingerprint density at radius 2 is 2.21 bits per heavy atom. The fourth-order valence-corrected chi connectivity index (χ4v) is 1.60. The van der Waals surface area contributed by atoms with Crippen molar-refractivity contribution in [2.24, 2.45) is 0 Å². The van der Waals surface area contributed by atoms with Crippen LogP contribution < -0.4 is 5.32 Å². The first-order valence-electron chi connectivity index (χ1n) is 6.60. The molecule has 0 aliphatic carbocycles. The van der Waals surface area contributed by atoms with Crippen LogP contribution in [0, 0.1) is 5.82 Å². The Kier molecular flexibility index (Phi) is 6.42. The van der Waals surface area contributed by atoms with E-state index in [1.807, 2.05) is 0 Å². The molecule has 0 spiro atoms. The Hall–Kier alpha value is -1.49. The molecule has 0 fully saturated rings. The molecule has 19 heavy (non-hydrogen) atoms. The smallest absolute Gasteiger partial charge is 0.254 e. The summed E-state index contributed by atoms with van der Waals surface area (Å²) in [4.78, 5) is 17.5. The summed E-state index contributed by atoms with van der Waals surface area (Å²) in [6.07, 6.45) is 4.35. The summed E-state index contributed by atoms with van der Waals surface area (Å²) < 4.78 is 13.3. The van der Waals surface area contributed by atoms with E-state index in [1.165, 1.54) is 12.3 Å². The number of aromatic nitrogens is 1. The van der Waals surface area contributed by atoms with E-state index < -0.39 is 5.82 Å². The number of rotatable bonds is 7. The van der Waals surface area contributed by atoms with Gasteiger partial charge in [0.05, 0.1) is 11.8 Å². The van der Waals surface area contributed by atoms with Gasteiger partial charge in [-0.3, -0.25) is 9.78 Å². The van der Waals surface area contributed by atoms with Crippen LogP contribution in [0.2, 0.25) is 0 Å². The highest BCUT2D eigenvalue weighted by atomic mass is 19.1. The molecule has 0 saturated carbocycles. The van der Waals surface area contributed by atoms with Crippen molar-refractivity contribution in [3.05, 3.63) is 29.8 Å². The van der Waals surface area contributed by atoms with Gasteiger partial charge in [0.1, 0.15) is 0 Å². The van der Waals surface area contributed by atoms with Gasteiger partial charge in [-0.25, -0.2) is 4.39 Å². The number of nitrogens with one attached hydrogen (secondary N) is 1. The summed E-state index contributed by atoms with van der Waals surface area (Å²) in [7, 11) is 2.08. The molecule has 0 unspecified atom stereocenters. The lowest BCUT2D eigenvalue weighted by atomic mass is 10.2. The second-order valence-electron chi connectivity index (χ2n) is 4.89. The number of unbranched alkanes of at least 4 members (excludes halogenated alkanes) is 1. The predicted octanol–water partition coefficient (Wildman–Crippen LogP) is 2.07. The van der Waals surface area contributed by atoms with Gasteiger partial charge < -0.3 is 10.2 Å². The maximum atomic E-state index is 13.3. The Bertz CT molecular complexity index is 409. The largest absolute Gasteiger partial charge is 0.352 e. The highest BCUT2D eigenvalue weighted by molar-refractivity contribution is 5.94. The van der Waals surface area contributed by atoms with Crippen LogP contribution >= 0.6 is 0 Å². The standard InChI is InChI=1S/C14H22FN3O/c1-11(2)18(3)9-5-4-7-17-14(19)12-6-8-16-10-13(12)15/h6,8,10-11H,4-5,7,9H2,1-3H3,(H,17,19). The van der Waals surface area contributed by atoms with Gasteiger partial charge >= 0.3 is 0 Å². The van der Waals surface area contributed by atoms with Crippen LogP contribution in [0.15, 0.2) is 18.5 Å². The van der Waals surface area contributed by atoms with Crippen LogP contribution in [-0.4, -0.2) is 42.0 Å². The maximum absolute atomic E-state index is 13.3. The fraction of sp³-hybridized carbons (Fsp3) is 0.571. The lowest BCUT2D eigenvalue weighted by Gasteiger charge is -2.20. The van der Waals surface area contributed by atoms with Gasteiger partial charge in [0.25, 0.3) is 5.91 Å². The van der Waals surface area contributed by atoms with Crippen molar-refractivity contribution in [1.29, 1.82) is 0 Å². The first kappa shape index (κ1) is 15.6. The third kappa shape index (κ3) is 5.34. The summed E-state index contributed by atoms with van der Waals surface area (Å²) in [6.45, 7) is 5.85. The minimum atomic E-state index is -0.584. The summed E-state index contributed by atoms with van der Waals surface area (Å²) in [5, 5.41) is 2.72. The second kappa shape index (κ2) is 7.84. The van der Waals surface area contributed by atoms with E-state index >= 15 is 0 Å². The Morgan fingerprint density at radius 1 is 1.47 bits per heavy atom. The predicted molar refractivity (Wildman–Crippen MR) is 73.5 cm³/mol. The third-order valence-electron chi connectivity index (χ3n) is 3.12. The zero-order chi connectivity index (χ0) is 14.3. The zero-order valence-corrected chi connectivity index (χ0v) is 11.8. The van der Waals surface area contributed by atoms with Gasteiger partial charge in [0, 0.05) is 18.8 Å². The zero-order valence-electron chi connectivity index (χ0n) is 11.8. The van der Waals surface area contributed by atoms with Crippen molar-refractivity contribution in [3.63, 3.8) is 0 Å². The normalized spacial score (nSPS) is 11.1. The van der Waals surface area contributed by atoms with Crippen LogP contribution in [-0.2, 0) is 0 Å². The number of halogens is 1. The van der Waals surface area contributed by atoms with Gasteiger partial charge in [-0.1, -0.05) is 0 Å². The molecule has 106 valence electrons. The number of carbonyl (C=O) groups is 1. The molecule has 4 nitrogen and oxygen atoms in total. The quantitative estimate of drug-likeness (QED) is 0.769. The van der Waals surface area contributed by atoms with Crippen molar-refractivity contribution < 1.29 is 9.18 Å². The highest BCUT2D eigenvalue weighted by Crippen LogP contribution is 2.04. The third-order valence-corrected chi connectivity index (χ3v) is 3.12.